The van der Waals surface area contributed by atoms with Crippen LogP contribution in [0.1, 0.15) is 31.9 Å². The Hall–Kier alpha value is -2.95. The van der Waals surface area contributed by atoms with E-state index in [0.717, 1.165) is 21.6 Å². The predicted octanol–water partition coefficient (Wildman–Crippen LogP) is 5.38. The second-order valence-electron chi connectivity index (χ2n) is 7.57. The number of hydrogen-bond acceptors (Lipinski definition) is 6. The maximum Gasteiger partial charge on any atom is 0.340 e. The third-order valence-electron chi connectivity index (χ3n) is 4.82. The van der Waals surface area contributed by atoms with Crippen LogP contribution in [0.4, 0.5) is 16.4 Å². The van der Waals surface area contributed by atoms with Crippen molar-refractivity contribution < 1.29 is 17.9 Å². The minimum Gasteiger partial charge on any atom is -0.465 e. The number of anilines is 3. The molecule has 174 valence electrons. The van der Waals surface area contributed by atoms with E-state index < -0.39 is 16.0 Å². The molecule has 10 heteroatoms. The van der Waals surface area contributed by atoms with Gasteiger partial charge in [0.1, 0.15) is 5.00 Å². The van der Waals surface area contributed by atoms with Gasteiger partial charge in [-0.25, -0.2) is 13.2 Å². The highest BCUT2D eigenvalue weighted by molar-refractivity contribution is 7.92. The second kappa shape index (κ2) is 9.90. The summed E-state index contributed by atoms with van der Waals surface area (Å²) in [5.41, 5.74) is 4.38. The van der Waals surface area contributed by atoms with Crippen molar-refractivity contribution in [2.24, 2.45) is 0 Å². The largest absolute Gasteiger partial charge is 0.465 e. The Kier molecular flexibility index (Phi) is 7.41. The first-order valence-electron chi connectivity index (χ1n) is 9.97. The number of nitrogens with one attached hydrogen (secondary N) is 3. The zero-order valence-corrected chi connectivity index (χ0v) is 21.3. The lowest BCUT2D eigenvalue weighted by atomic mass is 10.1. The summed E-state index contributed by atoms with van der Waals surface area (Å²) in [5, 5.41) is 6.83. The van der Waals surface area contributed by atoms with Crippen LogP contribution in [0.2, 0.25) is 0 Å². The number of methoxy groups -OCH3 is 1. The number of ether oxygens (including phenoxy) is 1. The van der Waals surface area contributed by atoms with Gasteiger partial charge >= 0.3 is 5.97 Å². The molecular formula is C23H25N3O4S3. The summed E-state index contributed by atoms with van der Waals surface area (Å²) >= 11 is 6.72. The van der Waals surface area contributed by atoms with Crippen molar-refractivity contribution in [1.29, 1.82) is 0 Å². The van der Waals surface area contributed by atoms with Crippen LogP contribution in [0.5, 0.6) is 0 Å². The standard InChI is InChI=1S/C23H25N3O4S3/c1-13-10-14(2)20(15(3)11-13)26-33(28,29)18-8-6-17(7-9-18)24-23(31)25-21-19(22(27)30-5)12-16(4)32-21/h6-12,26H,1-5H3,(H2,24,25,31). The highest BCUT2D eigenvalue weighted by Crippen LogP contribution is 2.29. The Labute approximate surface area is 203 Å². The van der Waals surface area contributed by atoms with Gasteiger partial charge in [-0.15, -0.1) is 11.3 Å². The van der Waals surface area contributed by atoms with Crippen LogP contribution in [0.3, 0.4) is 0 Å². The van der Waals surface area contributed by atoms with Gasteiger partial charge in [-0.3, -0.25) is 4.72 Å². The molecule has 1 aromatic heterocycles. The van der Waals surface area contributed by atoms with E-state index in [1.54, 1.807) is 18.2 Å². The molecule has 0 amide bonds. The van der Waals surface area contributed by atoms with Crippen LogP contribution in [0.25, 0.3) is 0 Å². The highest BCUT2D eigenvalue weighted by Gasteiger charge is 2.18. The lowest BCUT2D eigenvalue weighted by Gasteiger charge is -2.15. The molecule has 2 aromatic carbocycles. The number of hydrogen-bond donors (Lipinski definition) is 3. The molecule has 0 fully saturated rings. The molecule has 0 spiro atoms. The maximum atomic E-state index is 12.9. The molecule has 3 aromatic rings. The fraction of sp³-hybridized carbons (Fsp3) is 0.217. The van der Waals surface area contributed by atoms with Crippen molar-refractivity contribution in [2.45, 2.75) is 32.6 Å². The van der Waals surface area contributed by atoms with E-state index in [2.05, 4.69) is 15.4 Å². The first-order chi connectivity index (χ1) is 15.5. The number of esters is 1. The summed E-state index contributed by atoms with van der Waals surface area (Å²) in [7, 11) is -2.44. The summed E-state index contributed by atoms with van der Waals surface area (Å²) in [6.45, 7) is 7.60. The molecule has 0 atom stereocenters. The van der Waals surface area contributed by atoms with Gasteiger partial charge in [0.2, 0.25) is 0 Å². The number of carbonyl (C=O) groups is 1. The molecule has 0 saturated carbocycles. The Morgan fingerprint density at radius 3 is 2.15 bits per heavy atom. The smallest absolute Gasteiger partial charge is 0.340 e. The number of aryl methyl sites for hydroxylation is 4. The topological polar surface area (TPSA) is 96.5 Å². The second-order valence-corrected chi connectivity index (χ2v) is 10.9. The van der Waals surface area contributed by atoms with E-state index in [1.165, 1.54) is 30.6 Å². The zero-order valence-electron chi connectivity index (χ0n) is 18.9. The van der Waals surface area contributed by atoms with Crippen LogP contribution >= 0.6 is 23.6 Å². The number of rotatable bonds is 6. The summed E-state index contributed by atoms with van der Waals surface area (Å²) in [5.74, 6) is -0.453. The summed E-state index contributed by atoms with van der Waals surface area (Å²) in [6, 6.07) is 11.9. The Bertz CT molecular complexity index is 1290. The average Bonchev–Trinajstić information content (AvgIpc) is 3.10. The highest BCUT2D eigenvalue weighted by atomic mass is 32.2. The summed E-state index contributed by atoms with van der Waals surface area (Å²) in [4.78, 5) is 13.0. The maximum absolute atomic E-state index is 12.9. The van der Waals surface area contributed by atoms with Crippen molar-refractivity contribution in [1.82, 2.24) is 0 Å². The molecular weight excluding hydrogens is 478 g/mol. The third-order valence-corrected chi connectivity index (χ3v) is 7.36. The van der Waals surface area contributed by atoms with Gasteiger partial charge in [-0.2, -0.15) is 0 Å². The van der Waals surface area contributed by atoms with E-state index in [4.69, 9.17) is 17.0 Å². The number of benzene rings is 2. The zero-order chi connectivity index (χ0) is 24.3. The lowest BCUT2D eigenvalue weighted by molar-refractivity contribution is 0.0602. The van der Waals surface area contributed by atoms with Gasteiger partial charge < -0.3 is 15.4 Å². The normalized spacial score (nSPS) is 11.1. The molecule has 0 saturated heterocycles. The van der Waals surface area contributed by atoms with Crippen LogP contribution in [0, 0.1) is 27.7 Å². The monoisotopic (exact) mass is 503 g/mol. The average molecular weight is 504 g/mol. The molecule has 0 aliphatic heterocycles. The molecule has 7 nitrogen and oxygen atoms in total. The van der Waals surface area contributed by atoms with Crippen LogP contribution in [0.15, 0.2) is 47.4 Å². The molecule has 0 radical (unpaired) electrons. The van der Waals surface area contributed by atoms with Crippen LogP contribution in [-0.2, 0) is 14.8 Å². The number of thiocarbonyl (C=S) groups is 1. The van der Waals surface area contributed by atoms with Crippen LogP contribution in [-0.4, -0.2) is 26.6 Å². The Morgan fingerprint density at radius 2 is 1.58 bits per heavy atom. The minimum absolute atomic E-state index is 0.133. The molecule has 1 heterocycles. The Morgan fingerprint density at radius 1 is 0.970 bits per heavy atom. The van der Waals surface area contributed by atoms with Crippen molar-refractivity contribution >= 4 is 61.0 Å². The number of sulfonamides is 1. The molecule has 0 bridgehead atoms. The quantitative estimate of drug-likeness (QED) is 0.307. The van der Waals surface area contributed by atoms with Gasteiger partial charge in [0.25, 0.3) is 10.0 Å². The third kappa shape index (κ3) is 5.89. The first kappa shape index (κ1) is 24.7. The lowest BCUT2D eigenvalue weighted by Crippen LogP contribution is -2.20. The number of thiophene rings is 1. The summed E-state index contributed by atoms with van der Waals surface area (Å²) < 4.78 is 33.3. The fourth-order valence-corrected chi connectivity index (χ4v) is 5.78. The number of carbonyl (C=O) groups excluding carboxylic acids is 1. The van der Waals surface area contributed by atoms with E-state index in [1.807, 2.05) is 39.8 Å². The molecule has 0 aliphatic rings. The van der Waals surface area contributed by atoms with E-state index in [-0.39, 0.29) is 10.0 Å². The minimum atomic E-state index is -3.76. The predicted molar refractivity (Wildman–Crippen MR) is 138 cm³/mol. The molecule has 0 aliphatic carbocycles. The van der Waals surface area contributed by atoms with Crippen LogP contribution < -0.4 is 15.4 Å². The first-order valence-corrected chi connectivity index (χ1v) is 12.7. The van der Waals surface area contributed by atoms with Crippen molar-refractivity contribution in [3.05, 3.63) is 69.6 Å². The van der Waals surface area contributed by atoms with Gasteiger partial charge in [0.15, 0.2) is 5.11 Å². The van der Waals surface area contributed by atoms with Crippen molar-refractivity contribution in [3.8, 4) is 0 Å². The van der Waals surface area contributed by atoms with E-state index in [9.17, 15) is 13.2 Å². The molecule has 0 unspecified atom stereocenters. The SMILES string of the molecule is COC(=O)c1cc(C)sc1NC(=S)Nc1ccc(S(=O)(=O)Nc2c(C)cc(C)cc2C)cc1. The molecule has 3 N–H and O–H groups in total. The van der Waals surface area contributed by atoms with E-state index in [0.29, 0.717) is 21.9 Å². The van der Waals surface area contributed by atoms with Gasteiger partial charge in [0.05, 0.1) is 23.3 Å². The van der Waals surface area contributed by atoms with Crippen molar-refractivity contribution in [3.63, 3.8) is 0 Å². The van der Waals surface area contributed by atoms with Gasteiger partial charge in [-0.05, 0) is 81.4 Å². The van der Waals surface area contributed by atoms with Gasteiger partial charge in [-0.1, -0.05) is 17.7 Å². The fourth-order valence-electron chi connectivity index (χ4n) is 3.39. The summed E-state index contributed by atoms with van der Waals surface area (Å²) in [6.07, 6.45) is 0. The van der Waals surface area contributed by atoms with Crippen molar-refractivity contribution in [2.75, 3.05) is 22.5 Å². The molecule has 3 rings (SSSR count). The van der Waals surface area contributed by atoms with E-state index >= 15 is 0 Å². The van der Waals surface area contributed by atoms with Gasteiger partial charge in [0, 0.05) is 10.6 Å². The Balaban J connectivity index is 1.72. The molecule has 33 heavy (non-hydrogen) atoms.